The molecule has 0 unspecified atom stereocenters. The van der Waals surface area contributed by atoms with E-state index in [1.807, 2.05) is 6.92 Å². The maximum absolute atomic E-state index is 10.2. The van der Waals surface area contributed by atoms with Gasteiger partial charge in [0.15, 0.2) is 0 Å². The highest BCUT2D eigenvalue weighted by atomic mass is 16.4. The van der Waals surface area contributed by atoms with E-state index in [0.717, 1.165) is 12.2 Å². The molecular formula is C7H11N3O2. The Morgan fingerprint density at radius 2 is 2.50 bits per heavy atom. The lowest BCUT2D eigenvalue weighted by Crippen LogP contribution is -2.06. The highest BCUT2D eigenvalue weighted by molar-refractivity contribution is 5.66. The molecule has 0 bridgehead atoms. The monoisotopic (exact) mass is 169 g/mol. The van der Waals surface area contributed by atoms with Crippen LogP contribution in [0.1, 0.15) is 19.2 Å². The van der Waals surface area contributed by atoms with Gasteiger partial charge < -0.3 is 9.67 Å². The fourth-order valence-corrected chi connectivity index (χ4v) is 0.956. The molecule has 1 aromatic heterocycles. The van der Waals surface area contributed by atoms with E-state index in [1.165, 1.54) is 0 Å². The van der Waals surface area contributed by atoms with E-state index in [4.69, 9.17) is 5.11 Å². The average Bonchev–Trinajstić information content (AvgIpc) is 2.47. The second-order valence-electron chi connectivity index (χ2n) is 2.44. The highest BCUT2D eigenvalue weighted by Crippen LogP contribution is 1.97. The van der Waals surface area contributed by atoms with E-state index < -0.39 is 5.97 Å². The summed E-state index contributed by atoms with van der Waals surface area (Å²) in [4.78, 5) is 10.2. The molecule has 0 saturated carbocycles. The third-order valence-corrected chi connectivity index (χ3v) is 1.58. The summed E-state index contributed by atoms with van der Waals surface area (Å²) < 4.78 is 1.76. The molecule has 0 aromatic carbocycles. The van der Waals surface area contributed by atoms with Crippen LogP contribution in [0.2, 0.25) is 0 Å². The minimum absolute atomic E-state index is 0.116. The Hall–Kier alpha value is -1.39. The first-order valence-corrected chi connectivity index (χ1v) is 3.82. The molecule has 0 fully saturated rings. The summed E-state index contributed by atoms with van der Waals surface area (Å²) in [5.41, 5.74) is 0. The number of carboxylic acid groups (broad SMARTS) is 1. The molecule has 5 heteroatoms. The predicted molar refractivity (Wildman–Crippen MR) is 41.7 cm³/mol. The number of aryl methyl sites for hydroxylation is 2. The van der Waals surface area contributed by atoms with Gasteiger partial charge in [0.2, 0.25) is 0 Å². The Labute approximate surface area is 70.0 Å². The number of hydrogen-bond donors (Lipinski definition) is 1. The number of hydrogen-bond acceptors (Lipinski definition) is 3. The summed E-state index contributed by atoms with van der Waals surface area (Å²) in [5, 5.41) is 15.9. The van der Waals surface area contributed by atoms with Crippen LogP contribution in [0.5, 0.6) is 0 Å². The zero-order valence-corrected chi connectivity index (χ0v) is 6.90. The first-order chi connectivity index (χ1) is 5.74. The molecule has 1 aromatic rings. The molecule has 0 atom stereocenters. The zero-order valence-electron chi connectivity index (χ0n) is 6.90. The van der Waals surface area contributed by atoms with Gasteiger partial charge in [0.1, 0.15) is 12.2 Å². The van der Waals surface area contributed by atoms with Gasteiger partial charge >= 0.3 is 5.97 Å². The Bertz CT molecular complexity index is 269. The van der Waals surface area contributed by atoms with Gasteiger partial charge in [-0.3, -0.25) is 4.79 Å². The lowest BCUT2D eigenvalue weighted by Gasteiger charge is -2.00. The third-order valence-electron chi connectivity index (χ3n) is 1.58. The number of aliphatic carboxylic acids is 1. The van der Waals surface area contributed by atoms with Crippen LogP contribution in [0.4, 0.5) is 0 Å². The van der Waals surface area contributed by atoms with Gasteiger partial charge in [-0.25, -0.2) is 0 Å². The van der Waals surface area contributed by atoms with Gasteiger partial charge in [-0.15, -0.1) is 10.2 Å². The van der Waals surface area contributed by atoms with Crippen LogP contribution in [-0.4, -0.2) is 25.8 Å². The molecular weight excluding hydrogens is 158 g/mol. The molecule has 0 aliphatic heterocycles. The van der Waals surface area contributed by atoms with Gasteiger partial charge in [-0.2, -0.15) is 0 Å². The maximum atomic E-state index is 10.2. The van der Waals surface area contributed by atoms with Crippen molar-refractivity contribution in [1.82, 2.24) is 14.8 Å². The van der Waals surface area contributed by atoms with Gasteiger partial charge in [0.25, 0.3) is 0 Å². The third kappa shape index (κ3) is 2.05. The topological polar surface area (TPSA) is 68.0 Å². The minimum Gasteiger partial charge on any atom is -0.481 e. The number of aromatic nitrogens is 3. The SMILES string of the molecule is CCc1nncn1CCC(=O)O. The lowest BCUT2D eigenvalue weighted by molar-refractivity contribution is -0.137. The summed E-state index contributed by atoms with van der Waals surface area (Å²) in [7, 11) is 0. The Morgan fingerprint density at radius 3 is 3.08 bits per heavy atom. The lowest BCUT2D eigenvalue weighted by atomic mass is 10.4. The summed E-state index contributed by atoms with van der Waals surface area (Å²) in [6, 6.07) is 0. The van der Waals surface area contributed by atoms with Crippen molar-refractivity contribution >= 4 is 5.97 Å². The molecule has 0 amide bonds. The highest BCUT2D eigenvalue weighted by Gasteiger charge is 2.02. The first kappa shape index (κ1) is 8.70. The zero-order chi connectivity index (χ0) is 8.97. The Kier molecular flexibility index (Phi) is 2.79. The molecule has 66 valence electrons. The van der Waals surface area contributed by atoms with Crippen molar-refractivity contribution in [2.45, 2.75) is 26.3 Å². The summed E-state index contributed by atoms with van der Waals surface area (Å²) >= 11 is 0. The van der Waals surface area contributed by atoms with E-state index in [1.54, 1.807) is 10.9 Å². The molecule has 0 spiro atoms. The van der Waals surface area contributed by atoms with E-state index in [2.05, 4.69) is 10.2 Å². The molecule has 0 aliphatic rings. The summed E-state index contributed by atoms with van der Waals surface area (Å²) in [6.45, 7) is 2.41. The van der Waals surface area contributed by atoms with Crippen molar-refractivity contribution < 1.29 is 9.90 Å². The molecule has 5 nitrogen and oxygen atoms in total. The molecule has 0 saturated heterocycles. The summed E-state index contributed by atoms with van der Waals surface area (Å²) in [5.74, 6) is 0.0296. The van der Waals surface area contributed by atoms with Gasteiger partial charge in [-0.1, -0.05) is 6.92 Å². The van der Waals surface area contributed by atoms with Crippen molar-refractivity contribution in [3.8, 4) is 0 Å². The smallest absolute Gasteiger partial charge is 0.305 e. The fourth-order valence-electron chi connectivity index (χ4n) is 0.956. The van der Waals surface area contributed by atoms with Crippen molar-refractivity contribution in [2.24, 2.45) is 0 Å². The van der Waals surface area contributed by atoms with E-state index in [-0.39, 0.29) is 6.42 Å². The normalized spacial score (nSPS) is 10.1. The first-order valence-electron chi connectivity index (χ1n) is 3.82. The van der Waals surface area contributed by atoms with Gasteiger partial charge in [0.05, 0.1) is 6.42 Å². The van der Waals surface area contributed by atoms with Gasteiger partial charge in [-0.05, 0) is 0 Å². The van der Waals surface area contributed by atoms with Gasteiger partial charge in [0, 0.05) is 13.0 Å². The molecule has 0 aliphatic carbocycles. The maximum Gasteiger partial charge on any atom is 0.305 e. The van der Waals surface area contributed by atoms with Crippen LogP contribution in [0, 0.1) is 0 Å². The number of carboxylic acids is 1. The van der Waals surface area contributed by atoms with Crippen LogP contribution in [0.25, 0.3) is 0 Å². The number of rotatable bonds is 4. The minimum atomic E-state index is -0.800. The molecule has 1 N–H and O–H groups in total. The van der Waals surface area contributed by atoms with Crippen molar-refractivity contribution in [3.63, 3.8) is 0 Å². The van der Waals surface area contributed by atoms with Crippen LogP contribution in [-0.2, 0) is 17.8 Å². The second kappa shape index (κ2) is 3.85. The van der Waals surface area contributed by atoms with Crippen molar-refractivity contribution in [2.75, 3.05) is 0 Å². The number of carbonyl (C=O) groups is 1. The molecule has 1 rings (SSSR count). The second-order valence-corrected chi connectivity index (χ2v) is 2.44. The molecule has 1 heterocycles. The van der Waals surface area contributed by atoms with Crippen LogP contribution < -0.4 is 0 Å². The standard InChI is InChI=1S/C7H11N3O2/c1-2-6-9-8-5-10(6)4-3-7(11)12/h5H,2-4H2,1H3,(H,11,12). The van der Waals surface area contributed by atoms with Crippen LogP contribution in [0.3, 0.4) is 0 Å². The largest absolute Gasteiger partial charge is 0.481 e. The van der Waals surface area contributed by atoms with Crippen LogP contribution >= 0.6 is 0 Å². The predicted octanol–water partition coefficient (Wildman–Crippen LogP) is 0.315. The van der Waals surface area contributed by atoms with E-state index >= 15 is 0 Å². The summed E-state index contributed by atoms with van der Waals surface area (Å²) in [6.07, 6.45) is 2.45. The number of nitrogens with zero attached hydrogens (tertiary/aromatic N) is 3. The fraction of sp³-hybridized carbons (Fsp3) is 0.571. The Balaban J connectivity index is 2.56. The van der Waals surface area contributed by atoms with Crippen molar-refractivity contribution in [3.05, 3.63) is 12.2 Å². The molecule has 12 heavy (non-hydrogen) atoms. The Morgan fingerprint density at radius 1 is 1.75 bits per heavy atom. The molecule has 0 radical (unpaired) electrons. The average molecular weight is 169 g/mol. The quantitative estimate of drug-likeness (QED) is 0.704. The van der Waals surface area contributed by atoms with E-state index in [9.17, 15) is 4.79 Å². The van der Waals surface area contributed by atoms with Crippen molar-refractivity contribution in [1.29, 1.82) is 0 Å². The van der Waals surface area contributed by atoms with E-state index in [0.29, 0.717) is 6.54 Å². The van der Waals surface area contributed by atoms with Crippen LogP contribution in [0.15, 0.2) is 6.33 Å².